The maximum atomic E-state index is 12.4. The van der Waals surface area contributed by atoms with E-state index in [1.165, 1.54) is 12.8 Å². The molecular formula is C19H25NO4. The van der Waals surface area contributed by atoms with Crippen LogP contribution in [0.2, 0.25) is 0 Å². The molecule has 1 amide bonds. The monoisotopic (exact) mass is 331 g/mol. The van der Waals surface area contributed by atoms with Crippen LogP contribution in [0.15, 0.2) is 24.3 Å². The summed E-state index contributed by atoms with van der Waals surface area (Å²) in [6.45, 7) is 1.37. The molecule has 1 aromatic carbocycles. The number of nitrogens with one attached hydrogen (secondary N) is 1. The molecule has 2 fully saturated rings. The van der Waals surface area contributed by atoms with Gasteiger partial charge in [0.15, 0.2) is 0 Å². The summed E-state index contributed by atoms with van der Waals surface area (Å²) in [5.74, 6) is -0.730. The third-order valence-corrected chi connectivity index (χ3v) is 4.91. The molecular weight excluding hydrogens is 306 g/mol. The fraction of sp³-hybridized carbons (Fsp3) is 0.579. The molecule has 0 spiro atoms. The zero-order valence-corrected chi connectivity index (χ0v) is 13.9. The zero-order valence-electron chi connectivity index (χ0n) is 13.9. The summed E-state index contributed by atoms with van der Waals surface area (Å²) in [5.41, 5.74) is 1.80. The molecule has 2 N–H and O–H groups in total. The van der Waals surface area contributed by atoms with E-state index < -0.39 is 11.9 Å². The lowest BCUT2D eigenvalue weighted by molar-refractivity contribution is -0.143. The first-order valence-electron chi connectivity index (χ1n) is 8.82. The van der Waals surface area contributed by atoms with Crippen LogP contribution in [-0.4, -0.2) is 23.6 Å². The molecule has 0 radical (unpaired) electrons. The Hall–Kier alpha value is -1.88. The topological polar surface area (TPSA) is 75.6 Å². The molecule has 2 aliphatic rings. The predicted octanol–water partition coefficient (Wildman–Crippen LogP) is 3.44. The quantitative estimate of drug-likeness (QED) is 0.802. The zero-order chi connectivity index (χ0) is 16.9. The van der Waals surface area contributed by atoms with Gasteiger partial charge in [0.2, 0.25) is 5.91 Å². The summed E-state index contributed by atoms with van der Waals surface area (Å²) in [5, 5.41) is 12.1. The number of carboxylic acid groups (broad SMARTS) is 1. The number of rotatable bonds is 7. The van der Waals surface area contributed by atoms with Crippen molar-refractivity contribution in [3.8, 4) is 0 Å². The number of amides is 1. The molecule has 0 heterocycles. The van der Waals surface area contributed by atoms with Crippen LogP contribution in [0.1, 0.15) is 44.1 Å². The van der Waals surface area contributed by atoms with Gasteiger partial charge in [-0.25, -0.2) is 0 Å². The minimum atomic E-state index is -0.790. The smallest absolute Gasteiger partial charge is 0.306 e. The number of carboxylic acids is 1. The summed E-state index contributed by atoms with van der Waals surface area (Å²) in [4.78, 5) is 23.6. The van der Waals surface area contributed by atoms with Gasteiger partial charge in [-0.15, -0.1) is 0 Å². The Kier molecular flexibility index (Phi) is 5.51. The van der Waals surface area contributed by atoms with E-state index >= 15 is 0 Å². The van der Waals surface area contributed by atoms with Gasteiger partial charge in [-0.3, -0.25) is 9.59 Å². The highest BCUT2D eigenvalue weighted by Crippen LogP contribution is 2.30. The summed E-state index contributed by atoms with van der Waals surface area (Å²) in [6, 6.07) is 7.69. The fourth-order valence-corrected chi connectivity index (χ4v) is 3.26. The van der Waals surface area contributed by atoms with Crippen molar-refractivity contribution in [3.05, 3.63) is 29.8 Å². The molecule has 5 nitrogen and oxygen atoms in total. The number of benzene rings is 1. The van der Waals surface area contributed by atoms with Gasteiger partial charge in [0.05, 0.1) is 12.5 Å². The van der Waals surface area contributed by atoms with Crippen molar-refractivity contribution >= 4 is 17.6 Å². The Morgan fingerprint density at radius 1 is 1.17 bits per heavy atom. The van der Waals surface area contributed by atoms with Gasteiger partial charge in [0.1, 0.15) is 0 Å². The number of anilines is 1. The lowest BCUT2D eigenvalue weighted by atomic mass is 9.81. The molecule has 24 heavy (non-hydrogen) atoms. The van der Waals surface area contributed by atoms with Crippen LogP contribution in [0.3, 0.4) is 0 Å². The highest BCUT2D eigenvalue weighted by Gasteiger charge is 2.31. The van der Waals surface area contributed by atoms with E-state index in [1.54, 1.807) is 0 Å². The van der Waals surface area contributed by atoms with Gasteiger partial charge in [-0.2, -0.15) is 0 Å². The summed E-state index contributed by atoms with van der Waals surface area (Å²) in [7, 11) is 0. The molecule has 0 saturated heterocycles. The van der Waals surface area contributed by atoms with Crippen LogP contribution in [0, 0.1) is 17.8 Å². The van der Waals surface area contributed by atoms with Gasteiger partial charge in [-0.1, -0.05) is 18.6 Å². The summed E-state index contributed by atoms with van der Waals surface area (Å²) in [6.07, 6.45) is 5.21. The van der Waals surface area contributed by atoms with Crippen molar-refractivity contribution in [2.45, 2.75) is 45.1 Å². The predicted molar refractivity (Wildman–Crippen MR) is 90.5 cm³/mol. The van der Waals surface area contributed by atoms with Crippen LogP contribution in [0.5, 0.6) is 0 Å². The Labute approximate surface area is 142 Å². The van der Waals surface area contributed by atoms with E-state index in [0.29, 0.717) is 19.4 Å². The molecule has 5 heteroatoms. The van der Waals surface area contributed by atoms with E-state index in [1.807, 2.05) is 24.3 Å². The number of hydrogen-bond acceptors (Lipinski definition) is 3. The van der Waals surface area contributed by atoms with Crippen LogP contribution >= 0.6 is 0 Å². The molecule has 0 aliphatic heterocycles. The molecule has 1 aromatic rings. The second-order valence-corrected chi connectivity index (χ2v) is 7.05. The van der Waals surface area contributed by atoms with Crippen LogP contribution in [0.4, 0.5) is 5.69 Å². The molecule has 0 aromatic heterocycles. The van der Waals surface area contributed by atoms with Gasteiger partial charge < -0.3 is 15.2 Å². The summed E-state index contributed by atoms with van der Waals surface area (Å²) < 4.78 is 5.68. The van der Waals surface area contributed by atoms with Gasteiger partial charge in [0, 0.05) is 18.2 Å². The van der Waals surface area contributed by atoms with Crippen LogP contribution in [-0.2, 0) is 20.9 Å². The number of hydrogen-bond donors (Lipinski definition) is 2. The molecule has 3 rings (SSSR count). The Balaban J connectivity index is 1.52. The number of carbonyl (C=O) groups excluding carboxylic acids is 1. The van der Waals surface area contributed by atoms with Gasteiger partial charge >= 0.3 is 5.97 Å². The molecule has 130 valence electrons. The molecule has 0 bridgehead atoms. The first-order chi connectivity index (χ1) is 11.6. The van der Waals surface area contributed by atoms with Crippen molar-refractivity contribution in [1.29, 1.82) is 0 Å². The van der Waals surface area contributed by atoms with Crippen molar-refractivity contribution in [2.24, 2.45) is 17.8 Å². The summed E-state index contributed by atoms with van der Waals surface area (Å²) >= 11 is 0. The third-order valence-electron chi connectivity index (χ3n) is 4.91. The Bertz CT molecular complexity index is 597. The largest absolute Gasteiger partial charge is 0.481 e. The maximum absolute atomic E-state index is 12.4. The normalized spacial score (nSPS) is 23.7. The molecule has 2 saturated carbocycles. The lowest BCUT2D eigenvalue weighted by Gasteiger charge is -2.25. The van der Waals surface area contributed by atoms with Crippen molar-refractivity contribution in [2.75, 3.05) is 11.9 Å². The van der Waals surface area contributed by atoms with Gasteiger partial charge in [-0.05, 0) is 55.7 Å². The van der Waals surface area contributed by atoms with Crippen molar-refractivity contribution < 1.29 is 19.4 Å². The first-order valence-corrected chi connectivity index (χ1v) is 8.82. The lowest BCUT2D eigenvalue weighted by Crippen LogP contribution is -2.30. The van der Waals surface area contributed by atoms with E-state index in [4.69, 9.17) is 9.84 Å². The first kappa shape index (κ1) is 17.0. The minimum Gasteiger partial charge on any atom is -0.481 e. The standard InChI is InChI=1S/C19H25NO4/c21-18(15-4-2-5-16(10-15)19(22)23)20-17-6-1-3-14(9-17)12-24-11-13-7-8-13/h1,3,6,9,13,15-16H,2,4-5,7-8,10-12H2,(H,20,21)(H,22,23). The van der Waals surface area contributed by atoms with Gasteiger partial charge in [0.25, 0.3) is 0 Å². The van der Waals surface area contributed by atoms with E-state index in [2.05, 4.69) is 5.32 Å². The fourth-order valence-electron chi connectivity index (χ4n) is 3.26. The maximum Gasteiger partial charge on any atom is 0.306 e. The Morgan fingerprint density at radius 2 is 1.96 bits per heavy atom. The van der Waals surface area contributed by atoms with Crippen molar-refractivity contribution in [3.63, 3.8) is 0 Å². The average molecular weight is 331 g/mol. The molecule has 2 atom stereocenters. The van der Waals surface area contributed by atoms with Crippen molar-refractivity contribution in [1.82, 2.24) is 0 Å². The van der Waals surface area contributed by atoms with Crippen LogP contribution in [0.25, 0.3) is 0 Å². The second-order valence-electron chi connectivity index (χ2n) is 7.05. The Morgan fingerprint density at radius 3 is 2.71 bits per heavy atom. The SMILES string of the molecule is O=C(O)C1CCCC(C(=O)Nc2cccc(COCC3CC3)c2)C1. The third kappa shape index (κ3) is 4.81. The van der Waals surface area contributed by atoms with Crippen LogP contribution < -0.4 is 5.32 Å². The number of aliphatic carboxylic acids is 1. The number of carbonyl (C=O) groups is 2. The average Bonchev–Trinajstić information content (AvgIpc) is 3.39. The van der Waals surface area contributed by atoms with E-state index in [0.717, 1.165) is 36.6 Å². The highest BCUT2D eigenvalue weighted by atomic mass is 16.5. The van der Waals surface area contributed by atoms with E-state index in [-0.39, 0.29) is 11.8 Å². The molecule has 2 aliphatic carbocycles. The second kappa shape index (κ2) is 7.79. The minimum absolute atomic E-state index is 0.0722. The van der Waals surface area contributed by atoms with E-state index in [9.17, 15) is 9.59 Å². The molecule has 2 unspecified atom stereocenters. The highest BCUT2D eigenvalue weighted by molar-refractivity contribution is 5.93. The number of ether oxygens (including phenoxy) is 1.